The maximum Gasteiger partial charge on any atom is 0.149 e. The van der Waals surface area contributed by atoms with Gasteiger partial charge in [0.15, 0.2) is 0 Å². The van der Waals surface area contributed by atoms with Gasteiger partial charge in [-0.3, -0.25) is 0 Å². The molecule has 0 radical (unpaired) electrons. The number of rotatable bonds is 7. The van der Waals surface area contributed by atoms with Gasteiger partial charge in [0, 0.05) is 29.1 Å². The molecule has 0 amide bonds. The van der Waals surface area contributed by atoms with Crippen LogP contribution in [-0.2, 0) is 11.3 Å². The van der Waals surface area contributed by atoms with Gasteiger partial charge in [-0.25, -0.2) is 9.97 Å². The van der Waals surface area contributed by atoms with Crippen LogP contribution in [0.15, 0.2) is 48.5 Å². The van der Waals surface area contributed by atoms with E-state index in [0.717, 1.165) is 27.5 Å². The standard InChI is InChI=1S/C18H17ClN4O2S/c1-12(25-10-13-3-5-15(24-2)6-4-13)17-22-23-18(26-17)16(7-19)14-8-20-11-21-9-14/h3-9,11-12H,10H2,1-2H3. The summed E-state index contributed by atoms with van der Waals surface area (Å²) in [6, 6.07) is 7.76. The zero-order valence-electron chi connectivity index (χ0n) is 14.3. The van der Waals surface area contributed by atoms with Crippen molar-refractivity contribution in [2.24, 2.45) is 0 Å². The van der Waals surface area contributed by atoms with Crippen molar-refractivity contribution >= 4 is 28.5 Å². The summed E-state index contributed by atoms with van der Waals surface area (Å²) in [5.74, 6) is 0.820. The quantitative estimate of drug-likeness (QED) is 0.602. The van der Waals surface area contributed by atoms with Gasteiger partial charge in [0.05, 0.1) is 13.7 Å². The first-order valence-electron chi connectivity index (χ1n) is 7.85. The lowest BCUT2D eigenvalue weighted by Gasteiger charge is -2.10. The number of aromatic nitrogens is 4. The molecular formula is C18H17ClN4O2S. The molecule has 26 heavy (non-hydrogen) atoms. The highest BCUT2D eigenvalue weighted by molar-refractivity contribution is 7.12. The maximum absolute atomic E-state index is 5.97. The number of methoxy groups -OCH3 is 1. The van der Waals surface area contributed by atoms with Crippen LogP contribution in [0.1, 0.15) is 34.2 Å². The first-order chi connectivity index (χ1) is 12.7. The van der Waals surface area contributed by atoms with Gasteiger partial charge in [-0.1, -0.05) is 35.1 Å². The van der Waals surface area contributed by atoms with E-state index in [-0.39, 0.29) is 6.10 Å². The highest BCUT2D eigenvalue weighted by Gasteiger charge is 2.16. The molecule has 0 aliphatic heterocycles. The third kappa shape index (κ3) is 4.43. The molecule has 134 valence electrons. The topological polar surface area (TPSA) is 70.0 Å². The molecular weight excluding hydrogens is 372 g/mol. The molecule has 0 aliphatic carbocycles. The van der Waals surface area contributed by atoms with Crippen molar-refractivity contribution in [3.05, 3.63) is 69.7 Å². The molecule has 0 spiro atoms. The van der Waals surface area contributed by atoms with Crippen LogP contribution in [0.3, 0.4) is 0 Å². The Hall–Kier alpha value is -2.35. The minimum atomic E-state index is -0.188. The highest BCUT2D eigenvalue weighted by atomic mass is 35.5. The van der Waals surface area contributed by atoms with Gasteiger partial charge in [0.1, 0.15) is 28.2 Å². The Balaban J connectivity index is 1.66. The first kappa shape index (κ1) is 18.4. The lowest BCUT2D eigenvalue weighted by Crippen LogP contribution is -2.00. The number of hydrogen-bond donors (Lipinski definition) is 0. The summed E-state index contributed by atoms with van der Waals surface area (Å²) in [6.45, 7) is 2.42. The predicted octanol–water partition coefficient (Wildman–Crippen LogP) is 4.24. The smallest absolute Gasteiger partial charge is 0.149 e. The fraction of sp³-hybridized carbons (Fsp3) is 0.222. The molecule has 0 N–H and O–H groups in total. The third-order valence-corrected chi connectivity index (χ3v) is 4.99. The minimum absolute atomic E-state index is 0.188. The van der Waals surface area contributed by atoms with E-state index in [1.165, 1.54) is 23.2 Å². The van der Waals surface area contributed by atoms with Crippen LogP contribution in [-0.4, -0.2) is 27.3 Å². The molecule has 3 aromatic rings. The molecule has 2 aromatic heterocycles. The fourth-order valence-electron chi connectivity index (χ4n) is 2.19. The summed E-state index contributed by atoms with van der Waals surface area (Å²) in [5, 5.41) is 9.94. The van der Waals surface area contributed by atoms with Crippen LogP contribution in [0.25, 0.3) is 5.57 Å². The molecule has 0 fully saturated rings. The number of nitrogens with zero attached hydrogens (tertiary/aromatic N) is 4. The van der Waals surface area contributed by atoms with E-state index in [2.05, 4.69) is 20.2 Å². The van der Waals surface area contributed by atoms with Gasteiger partial charge in [-0.2, -0.15) is 0 Å². The Kier molecular flexibility index (Phi) is 6.27. The number of hydrogen-bond acceptors (Lipinski definition) is 7. The maximum atomic E-state index is 5.97. The van der Waals surface area contributed by atoms with Gasteiger partial charge in [0.2, 0.25) is 0 Å². The number of ether oxygens (including phenoxy) is 2. The molecule has 0 aliphatic rings. The second-order valence-corrected chi connectivity index (χ2v) is 6.62. The van der Waals surface area contributed by atoms with E-state index in [1.807, 2.05) is 31.2 Å². The Morgan fingerprint density at radius 2 is 1.92 bits per heavy atom. The van der Waals surface area contributed by atoms with E-state index >= 15 is 0 Å². The Labute approximate surface area is 160 Å². The number of benzene rings is 1. The van der Waals surface area contributed by atoms with Crippen molar-refractivity contribution in [3.8, 4) is 5.75 Å². The second kappa shape index (κ2) is 8.84. The van der Waals surface area contributed by atoms with Crippen molar-refractivity contribution < 1.29 is 9.47 Å². The highest BCUT2D eigenvalue weighted by Crippen LogP contribution is 2.30. The van der Waals surface area contributed by atoms with Gasteiger partial charge in [0.25, 0.3) is 0 Å². The average Bonchev–Trinajstić information content (AvgIpc) is 3.18. The van der Waals surface area contributed by atoms with E-state index < -0.39 is 0 Å². The third-order valence-electron chi connectivity index (χ3n) is 3.66. The molecule has 2 heterocycles. The summed E-state index contributed by atoms with van der Waals surface area (Å²) in [5.41, 5.74) is 4.05. The zero-order chi connectivity index (χ0) is 18.4. The van der Waals surface area contributed by atoms with Crippen molar-refractivity contribution in [3.63, 3.8) is 0 Å². The largest absolute Gasteiger partial charge is 0.497 e. The molecule has 0 saturated heterocycles. The molecule has 0 bridgehead atoms. The van der Waals surface area contributed by atoms with Gasteiger partial charge in [-0.05, 0) is 24.6 Å². The Morgan fingerprint density at radius 1 is 1.19 bits per heavy atom. The van der Waals surface area contributed by atoms with E-state index in [4.69, 9.17) is 21.1 Å². The summed E-state index contributed by atoms with van der Waals surface area (Å²) < 4.78 is 11.1. The lowest BCUT2D eigenvalue weighted by molar-refractivity contribution is 0.0519. The Morgan fingerprint density at radius 3 is 2.58 bits per heavy atom. The molecule has 1 atom stereocenters. The monoisotopic (exact) mass is 388 g/mol. The van der Waals surface area contributed by atoms with Crippen molar-refractivity contribution in [1.29, 1.82) is 0 Å². The van der Waals surface area contributed by atoms with E-state index in [9.17, 15) is 0 Å². The molecule has 3 rings (SSSR count). The number of halogens is 1. The predicted molar refractivity (Wildman–Crippen MR) is 101 cm³/mol. The molecule has 1 aromatic carbocycles. The SMILES string of the molecule is COc1ccc(COC(C)c2nnc(C(=CCl)c3cncnc3)s2)cc1. The van der Waals surface area contributed by atoms with Crippen LogP contribution in [0.4, 0.5) is 0 Å². The molecule has 0 saturated carbocycles. The van der Waals surface area contributed by atoms with Gasteiger partial charge >= 0.3 is 0 Å². The van der Waals surface area contributed by atoms with E-state index in [0.29, 0.717) is 11.6 Å². The summed E-state index contributed by atoms with van der Waals surface area (Å²) in [7, 11) is 1.64. The molecule has 1 unspecified atom stereocenters. The molecule has 6 nitrogen and oxygen atoms in total. The fourth-order valence-corrected chi connectivity index (χ4v) is 3.37. The zero-order valence-corrected chi connectivity index (χ0v) is 15.9. The van der Waals surface area contributed by atoms with Crippen LogP contribution in [0, 0.1) is 0 Å². The lowest BCUT2D eigenvalue weighted by atomic mass is 10.2. The second-order valence-electron chi connectivity index (χ2n) is 5.40. The van der Waals surface area contributed by atoms with E-state index in [1.54, 1.807) is 19.5 Å². The summed E-state index contributed by atoms with van der Waals surface area (Å²) in [4.78, 5) is 8.02. The van der Waals surface area contributed by atoms with Crippen LogP contribution >= 0.6 is 22.9 Å². The van der Waals surface area contributed by atoms with Crippen LogP contribution < -0.4 is 4.74 Å². The minimum Gasteiger partial charge on any atom is -0.497 e. The van der Waals surface area contributed by atoms with Crippen LogP contribution in [0.2, 0.25) is 0 Å². The normalized spacial score (nSPS) is 12.8. The molecule has 8 heteroatoms. The first-order valence-corrected chi connectivity index (χ1v) is 9.10. The summed E-state index contributed by atoms with van der Waals surface area (Å²) in [6.07, 6.45) is 4.65. The van der Waals surface area contributed by atoms with Crippen LogP contribution in [0.5, 0.6) is 5.75 Å². The van der Waals surface area contributed by atoms with Crippen molar-refractivity contribution in [1.82, 2.24) is 20.2 Å². The van der Waals surface area contributed by atoms with Crippen molar-refractivity contribution in [2.45, 2.75) is 19.6 Å². The van der Waals surface area contributed by atoms with Gasteiger partial charge < -0.3 is 9.47 Å². The average molecular weight is 389 g/mol. The van der Waals surface area contributed by atoms with Crippen molar-refractivity contribution in [2.75, 3.05) is 7.11 Å². The summed E-state index contributed by atoms with van der Waals surface area (Å²) >= 11 is 7.41. The van der Waals surface area contributed by atoms with Gasteiger partial charge in [-0.15, -0.1) is 10.2 Å². The Bertz CT molecular complexity index is 868.